The predicted molar refractivity (Wildman–Crippen MR) is 64.1 cm³/mol. The minimum atomic E-state index is 0.399. The van der Waals surface area contributed by atoms with Gasteiger partial charge in [0, 0.05) is 0 Å². The number of nitrogens with zero attached hydrogens (tertiary/aromatic N) is 1. The molecule has 0 bridgehead atoms. The Labute approximate surface area is 99.2 Å². The Balaban J connectivity index is 1.92. The van der Waals surface area contributed by atoms with Crippen molar-refractivity contribution in [3.05, 3.63) is 22.9 Å². The average molecular weight is 270 g/mol. The molecule has 2 rings (SSSR count). The van der Waals surface area contributed by atoms with Crippen LogP contribution in [0.1, 0.15) is 38.5 Å². The lowest BCUT2D eigenvalue weighted by molar-refractivity contribution is 0.183. The van der Waals surface area contributed by atoms with Gasteiger partial charge in [-0.3, -0.25) is 0 Å². The van der Waals surface area contributed by atoms with E-state index in [1.165, 1.54) is 38.5 Å². The van der Waals surface area contributed by atoms with Crippen LogP contribution in [0.5, 0.6) is 5.75 Å². The zero-order valence-corrected chi connectivity index (χ0v) is 10.4. The molecule has 1 heterocycles. The van der Waals surface area contributed by atoms with Crippen molar-refractivity contribution < 1.29 is 4.74 Å². The van der Waals surface area contributed by atoms with Crippen LogP contribution in [0.2, 0.25) is 0 Å². The first-order valence-electron chi connectivity index (χ1n) is 5.63. The zero-order chi connectivity index (χ0) is 10.5. The smallest absolute Gasteiger partial charge is 0.138 e. The van der Waals surface area contributed by atoms with E-state index in [2.05, 4.69) is 20.9 Å². The number of halogens is 1. The van der Waals surface area contributed by atoms with E-state index in [0.29, 0.717) is 6.10 Å². The van der Waals surface area contributed by atoms with E-state index < -0.39 is 0 Å². The van der Waals surface area contributed by atoms with Gasteiger partial charge in [-0.25, -0.2) is 4.98 Å². The fourth-order valence-corrected chi connectivity index (χ4v) is 2.22. The van der Waals surface area contributed by atoms with Crippen LogP contribution in [0.15, 0.2) is 22.9 Å². The van der Waals surface area contributed by atoms with Crippen LogP contribution >= 0.6 is 15.9 Å². The molecule has 0 unspecified atom stereocenters. The molecule has 2 nitrogen and oxygen atoms in total. The summed E-state index contributed by atoms with van der Waals surface area (Å²) in [6.45, 7) is 0. The Morgan fingerprint density at radius 1 is 1.13 bits per heavy atom. The first kappa shape index (κ1) is 10.9. The van der Waals surface area contributed by atoms with Crippen molar-refractivity contribution in [3.8, 4) is 5.75 Å². The van der Waals surface area contributed by atoms with Crippen LogP contribution in [-0.4, -0.2) is 11.1 Å². The van der Waals surface area contributed by atoms with Gasteiger partial charge < -0.3 is 4.74 Å². The first-order chi connectivity index (χ1) is 7.34. The Bertz CT molecular complexity index is 291. The monoisotopic (exact) mass is 269 g/mol. The van der Waals surface area contributed by atoms with E-state index in [1.54, 1.807) is 6.20 Å². The van der Waals surface area contributed by atoms with Gasteiger partial charge in [0.25, 0.3) is 0 Å². The predicted octanol–water partition coefficient (Wildman–Crippen LogP) is 3.95. The molecule has 82 valence electrons. The van der Waals surface area contributed by atoms with Crippen LogP contribution in [0.25, 0.3) is 0 Å². The maximum Gasteiger partial charge on any atom is 0.138 e. The van der Waals surface area contributed by atoms with Crippen molar-refractivity contribution >= 4 is 15.9 Å². The van der Waals surface area contributed by atoms with Crippen molar-refractivity contribution in [1.29, 1.82) is 0 Å². The van der Waals surface area contributed by atoms with Gasteiger partial charge in [-0.05, 0) is 53.7 Å². The summed E-state index contributed by atoms with van der Waals surface area (Å²) >= 11 is 3.32. The fourth-order valence-electron chi connectivity index (χ4n) is 1.98. The second-order valence-electron chi connectivity index (χ2n) is 4.05. The van der Waals surface area contributed by atoms with Crippen molar-refractivity contribution in [2.45, 2.75) is 44.6 Å². The summed E-state index contributed by atoms with van der Waals surface area (Å²) in [4.78, 5) is 4.16. The normalized spacial score (nSPS) is 18.5. The van der Waals surface area contributed by atoms with Gasteiger partial charge in [0.05, 0.1) is 12.3 Å². The fraction of sp³-hybridized carbons (Fsp3) is 0.583. The summed E-state index contributed by atoms with van der Waals surface area (Å²) in [5.74, 6) is 0.894. The minimum absolute atomic E-state index is 0.399. The Hall–Kier alpha value is -0.570. The molecule has 0 saturated heterocycles. The van der Waals surface area contributed by atoms with Crippen LogP contribution < -0.4 is 4.74 Å². The van der Waals surface area contributed by atoms with Crippen molar-refractivity contribution in [3.63, 3.8) is 0 Å². The summed E-state index contributed by atoms with van der Waals surface area (Å²) in [7, 11) is 0. The van der Waals surface area contributed by atoms with Crippen LogP contribution in [0.4, 0.5) is 0 Å². The highest BCUT2D eigenvalue weighted by atomic mass is 79.9. The van der Waals surface area contributed by atoms with E-state index in [1.807, 2.05) is 12.1 Å². The molecule has 1 aliphatic rings. The van der Waals surface area contributed by atoms with Gasteiger partial charge in [-0.15, -0.1) is 0 Å². The summed E-state index contributed by atoms with van der Waals surface area (Å²) in [5.41, 5.74) is 0. The summed E-state index contributed by atoms with van der Waals surface area (Å²) < 4.78 is 6.76. The Morgan fingerprint density at radius 3 is 2.47 bits per heavy atom. The molecule has 1 aliphatic carbocycles. The molecule has 0 amide bonds. The third kappa shape index (κ3) is 3.49. The third-order valence-corrected chi connectivity index (χ3v) is 3.27. The molecule has 0 atom stereocenters. The molecule has 0 N–H and O–H groups in total. The Morgan fingerprint density at radius 2 is 1.87 bits per heavy atom. The summed E-state index contributed by atoms with van der Waals surface area (Å²) in [6.07, 6.45) is 9.89. The second-order valence-corrected chi connectivity index (χ2v) is 4.86. The van der Waals surface area contributed by atoms with Gasteiger partial charge in [-0.1, -0.05) is 12.8 Å². The highest BCUT2D eigenvalue weighted by molar-refractivity contribution is 9.10. The largest absolute Gasteiger partial charge is 0.489 e. The molecule has 1 fully saturated rings. The quantitative estimate of drug-likeness (QED) is 0.599. The summed E-state index contributed by atoms with van der Waals surface area (Å²) in [5, 5.41) is 0. The van der Waals surface area contributed by atoms with E-state index in [9.17, 15) is 0 Å². The molecule has 1 saturated carbocycles. The number of ether oxygens (including phenoxy) is 1. The number of hydrogen-bond donors (Lipinski definition) is 0. The van der Waals surface area contributed by atoms with Gasteiger partial charge in [0.15, 0.2) is 0 Å². The van der Waals surface area contributed by atoms with Crippen molar-refractivity contribution in [2.75, 3.05) is 0 Å². The van der Waals surface area contributed by atoms with E-state index in [4.69, 9.17) is 4.74 Å². The molecule has 0 spiro atoms. The molecule has 1 aromatic heterocycles. The van der Waals surface area contributed by atoms with E-state index in [0.717, 1.165) is 10.4 Å². The topological polar surface area (TPSA) is 22.1 Å². The van der Waals surface area contributed by atoms with Crippen molar-refractivity contribution in [1.82, 2.24) is 4.98 Å². The lowest BCUT2D eigenvalue weighted by Gasteiger charge is -2.16. The standard InChI is InChI=1S/C12H16BrNO/c13-12-8-7-11(9-14-12)15-10-5-3-1-2-4-6-10/h7-10H,1-6H2. The molecule has 3 heteroatoms. The lowest BCUT2D eigenvalue weighted by atomic mass is 10.1. The Kier molecular flexibility index (Phi) is 4.01. The maximum atomic E-state index is 5.91. The van der Waals surface area contributed by atoms with E-state index in [-0.39, 0.29) is 0 Å². The van der Waals surface area contributed by atoms with E-state index >= 15 is 0 Å². The summed E-state index contributed by atoms with van der Waals surface area (Å²) in [6, 6.07) is 3.90. The molecule has 1 aromatic rings. The van der Waals surface area contributed by atoms with Crippen LogP contribution in [0, 0.1) is 0 Å². The third-order valence-electron chi connectivity index (χ3n) is 2.81. The SMILES string of the molecule is Brc1ccc(OC2CCCCCC2)cn1. The number of rotatable bonds is 2. The van der Waals surface area contributed by atoms with Crippen molar-refractivity contribution in [2.24, 2.45) is 0 Å². The molecule has 0 aromatic carbocycles. The molecule has 0 aliphatic heterocycles. The minimum Gasteiger partial charge on any atom is -0.489 e. The van der Waals surface area contributed by atoms with Gasteiger partial charge in [-0.2, -0.15) is 0 Å². The highest BCUT2D eigenvalue weighted by Crippen LogP contribution is 2.22. The van der Waals surface area contributed by atoms with Gasteiger partial charge >= 0.3 is 0 Å². The van der Waals surface area contributed by atoms with Crippen LogP contribution in [0.3, 0.4) is 0 Å². The highest BCUT2D eigenvalue weighted by Gasteiger charge is 2.13. The van der Waals surface area contributed by atoms with Gasteiger partial charge in [0.2, 0.25) is 0 Å². The molecule has 15 heavy (non-hydrogen) atoms. The number of hydrogen-bond acceptors (Lipinski definition) is 2. The molecular weight excluding hydrogens is 254 g/mol. The zero-order valence-electron chi connectivity index (χ0n) is 8.79. The number of pyridine rings is 1. The maximum absolute atomic E-state index is 5.91. The van der Waals surface area contributed by atoms with Gasteiger partial charge in [0.1, 0.15) is 10.4 Å². The lowest BCUT2D eigenvalue weighted by Crippen LogP contribution is -2.15. The number of aromatic nitrogens is 1. The van der Waals surface area contributed by atoms with Crippen LogP contribution in [-0.2, 0) is 0 Å². The first-order valence-corrected chi connectivity index (χ1v) is 6.42. The molecule has 0 radical (unpaired) electrons. The molecular formula is C12H16BrNO. The average Bonchev–Trinajstić information content (AvgIpc) is 2.50. The second kappa shape index (κ2) is 5.50.